The lowest BCUT2D eigenvalue weighted by atomic mass is 10.1. The Hall–Kier alpha value is -1.68. The van der Waals surface area contributed by atoms with Gasteiger partial charge in [0.15, 0.2) is 0 Å². The molecule has 2 rings (SSSR count). The number of rotatable bonds is 3. The Labute approximate surface area is 114 Å². The van der Waals surface area contributed by atoms with Crippen molar-refractivity contribution < 1.29 is 13.2 Å². The van der Waals surface area contributed by atoms with Gasteiger partial charge in [-0.1, -0.05) is 42.1 Å². The van der Waals surface area contributed by atoms with Crippen molar-refractivity contribution >= 4 is 17.8 Å². The average Bonchev–Trinajstić information content (AvgIpc) is 2.39. The molecule has 0 saturated carbocycles. The van der Waals surface area contributed by atoms with Crippen LogP contribution >= 0.6 is 11.8 Å². The summed E-state index contributed by atoms with van der Waals surface area (Å²) in [6.07, 6.45) is -2.49. The normalized spacial score (nSPS) is 11.9. The van der Waals surface area contributed by atoms with Crippen LogP contribution < -0.4 is 0 Å². The van der Waals surface area contributed by atoms with Crippen molar-refractivity contribution in [3.8, 4) is 0 Å². The Morgan fingerprint density at radius 2 is 1.47 bits per heavy atom. The Morgan fingerprint density at radius 1 is 0.842 bits per heavy atom. The average molecular weight is 280 g/mol. The molecule has 98 valence electrons. The Morgan fingerprint density at radius 3 is 2.05 bits per heavy atom. The molecule has 0 fully saturated rings. The van der Waals surface area contributed by atoms with Crippen LogP contribution in [0, 0.1) is 0 Å². The van der Waals surface area contributed by atoms with Crippen LogP contribution in [-0.2, 0) is 6.18 Å². The summed E-state index contributed by atoms with van der Waals surface area (Å²) in [6.45, 7) is 0. The van der Waals surface area contributed by atoms with E-state index in [0.29, 0.717) is 0 Å². The van der Waals surface area contributed by atoms with E-state index in [1.165, 1.54) is 23.9 Å². The van der Waals surface area contributed by atoms with E-state index in [4.69, 9.17) is 0 Å². The lowest BCUT2D eigenvalue weighted by Crippen LogP contribution is -2.03. The maximum absolute atomic E-state index is 12.4. The quantitative estimate of drug-likeness (QED) is 0.672. The number of hydrogen-bond acceptors (Lipinski definition) is 1. The van der Waals surface area contributed by atoms with Gasteiger partial charge in [0.05, 0.1) is 5.56 Å². The topological polar surface area (TPSA) is 0 Å². The predicted octanol–water partition coefficient (Wildman–Crippen LogP) is 5.47. The molecule has 0 unspecified atom stereocenters. The predicted molar refractivity (Wildman–Crippen MR) is 72.8 cm³/mol. The monoisotopic (exact) mass is 280 g/mol. The van der Waals surface area contributed by atoms with Crippen LogP contribution in [0.1, 0.15) is 11.1 Å². The second kappa shape index (κ2) is 5.97. The standard InChI is InChI=1S/C15H11F3S/c16-15(17,18)13-8-6-12(7-9-13)10-11-19-14-4-2-1-3-5-14/h1-11H. The van der Waals surface area contributed by atoms with E-state index in [-0.39, 0.29) is 0 Å². The summed E-state index contributed by atoms with van der Waals surface area (Å²) in [6, 6.07) is 14.9. The number of thioether (sulfide) groups is 1. The second-order valence-corrected chi connectivity index (χ2v) is 4.83. The Bertz CT molecular complexity index is 542. The second-order valence-electron chi connectivity index (χ2n) is 3.85. The third-order valence-corrected chi connectivity index (χ3v) is 3.26. The van der Waals surface area contributed by atoms with Crippen LogP contribution in [-0.4, -0.2) is 0 Å². The zero-order valence-corrected chi connectivity index (χ0v) is 10.7. The minimum Gasteiger partial charge on any atom is -0.166 e. The molecule has 0 spiro atoms. The van der Waals surface area contributed by atoms with Crippen molar-refractivity contribution in [1.29, 1.82) is 0 Å². The zero-order chi connectivity index (χ0) is 13.7. The summed E-state index contributed by atoms with van der Waals surface area (Å²) in [5.41, 5.74) is 0.122. The molecule has 0 atom stereocenters. The molecule has 4 heteroatoms. The van der Waals surface area contributed by atoms with E-state index in [2.05, 4.69) is 0 Å². The Kier molecular flexibility index (Phi) is 4.32. The van der Waals surface area contributed by atoms with Gasteiger partial charge >= 0.3 is 6.18 Å². The molecule has 0 nitrogen and oxygen atoms in total. The fourth-order valence-corrected chi connectivity index (χ4v) is 2.17. The van der Waals surface area contributed by atoms with Crippen molar-refractivity contribution in [3.63, 3.8) is 0 Å². The first-order valence-corrected chi connectivity index (χ1v) is 6.49. The summed E-state index contributed by atoms with van der Waals surface area (Å²) in [5.74, 6) is 0. The van der Waals surface area contributed by atoms with Gasteiger partial charge in [0.2, 0.25) is 0 Å². The fraction of sp³-hybridized carbons (Fsp3) is 0.0667. The smallest absolute Gasteiger partial charge is 0.166 e. The molecular formula is C15H11F3S. The van der Waals surface area contributed by atoms with Crippen molar-refractivity contribution in [2.45, 2.75) is 11.1 Å². The van der Waals surface area contributed by atoms with Gasteiger partial charge in [-0.3, -0.25) is 0 Å². The molecular weight excluding hydrogens is 269 g/mol. The number of benzene rings is 2. The van der Waals surface area contributed by atoms with E-state index in [0.717, 1.165) is 22.6 Å². The largest absolute Gasteiger partial charge is 0.416 e. The van der Waals surface area contributed by atoms with E-state index in [9.17, 15) is 13.2 Å². The lowest BCUT2D eigenvalue weighted by molar-refractivity contribution is -0.137. The highest BCUT2D eigenvalue weighted by atomic mass is 32.2. The molecule has 0 aliphatic rings. The van der Waals surface area contributed by atoms with Gasteiger partial charge in [-0.05, 0) is 41.3 Å². The number of hydrogen-bond donors (Lipinski definition) is 0. The molecule has 0 aliphatic heterocycles. The summed E-state index contributed by atoms with van der Waals surface area (Å²) >= 11 is 1.52. The first-order valence-electron chi connectivity index (χ1n) is 5.61. The summed E-state index contributed by atoms with van der Waals surface area (Å²) < 4.78 is 37.1. The van der Waals surface area contributed by atoms with Crippen LogP contribution in [0.2, 0.25) is 0 Å². The van der Waals surface area contributed by atoms with Gasteiger partial charge in [0.25, 0.3) is 0 Å². The van der Waals surface area contributed by atoms with Gasteiger partial charge in [0, 0.05) is 4.90 Å². The van der Waals surface area contributed by atoms with Crippen molar-refractivity contribution in [2.75, 3.05) is 0 Å². The Balaban J connectivity index is 2.00. The maximum Gasteiger partial charge on any atom is 0.416 e. The van der Waals surface area contributed by atoms with Crippen molar-refractivity contribution in [1.82, 2.24) is 0 Å². The third kappa shape index (κ3) is 4.17. The SMILES string of the molecule is FC(F)(F)c1ccc(C=CSc2ccccc2)cc1. The molecule has 19 heavy (non-hydrogen) atoms. The van der Waals surface area contributed by atoms with Crippen LogP contribution in [0.3, 0.4) is 0 Å². The third-order valence-electron chi connectivity index (χ3n) is 2.45. The maximum atomic E-state index is 12.4. The van der Waals surface area contributed by atoms with Gasteiger partial charge < -0.3 is 0 Å². The first kappa shape index (κ1) is 13.7. The highest BCUT2D eigenvalue weighted by molar-refractivity contribution is 8.02. The van der Waals surface area contributed by atoms with Gasteiger partial charge in [-0.2, -0.15) is 13.2 Å². The molecule has 0 saturated heterocycles. The first-order chi connectivity index (χ1) is 9.05. The summed E-state index contributed by atoms with van der Waals surface area (Å²) in [4.78, 5) is 1.09. The van der Waals surface area contributed by atoms with Crippen molar-refractivity contribution in [3.05, 3.63) is 71.1 Å². The van der Waals surface area contributed by atoms with Gasteiger partial charge in [0.1, 0.15) is 0 Å². The minimum atomic E-state index is -4.28. The molecule has 0 aliphatic carbocycles. The highest BCUT2D eigenvalue weighted by Crippen LogP contribution is 2.29. The van der Waals surface area contributed by atoms with Crippen LogP contribution in [0.5, 0.6) is 0 Å². The van der Waals surface area contributed by atoms with Gasteiger partial charge in [-0.15, -0.1) is 0 Å². The molecule has 0 heterocycles. The van der Waals surface area contributed by atoms with E-state index in [1.54, 1.807) is 6.08 Å². The number of alkyl halides is 3. The minimum absolute atomic E-state index is 0.625. The van der Waals surface area contributed by atoms with E-state index < -0.39 is 11.7 Å². The molecule has 0 radical (unpaired) electrons. The molecule has 0 bridgehead atoms. The van der Waals surface area contributed by atoms with Crippen LogP contribution in [0.25, 0.3) is 6.08 Å². The molecule has 2 aromatic carbocycles. The van der Waals surface area contributed by atoms with E-state index in [1.807, 2.05) is 35.7 Å². The lowest BCUT2D eigenvalue weighted by Gasteiger charge is -2.05. The molecule has 2 aromatic rings. The van der Waals surface area contributed by atoms with E-state index >= 15 is 0 Å². The van der Waals surface area contributed by atoms with Crippen LogP contribution in [0.4, 0.5) is 13.2 Å². The molecule has 0 N–H and O–H groups in total. The summed E-state index contributed by atoms with van der Waals surface area (Å²) in [5, 5.41) is 1.86. The molecule has 0 aromatic heterocycles. The summed E-state index contributed by atoms with van der Waals surface area (Å²) in [7, 11) is 0. The molecule has 0 amide bonds. The highest BCUT2D eigenvalue weighted by Gasteiger charge is 2.29. The van der Waals surface area contributed by atoms with Crippen molar-refractivity contribution in [2.24, 2.45) is 0 Å². The fourth-order valence-electron chi connectivity index (χ4n) is 1.47. The number of halogens is 3. The zero-order valence-electron chi connectivity index (χ0n) is 9.89. The van der Waals surface area contributed by atoms with Gasteiger partial charge in [-0.25, -0.2) is 0 Å². The van der Waals surface area contributed by atoms with Crippen LogP contribution in [0.15, 0.2) is 64.9 Å².